The lowest BCUT2D eigenvalue weighted by atomic mass is 10.0. The van der Waals surface area contributed by atoms with Crippen LogP contribution in [0.2, 0.25) is 0 Å². The second kappa shape index (κ2) is 7.84. The van der Waals surface area contributed by atoms with Crippen molar-refractivity contribution < 1.29 is 19.4 Å². The minimum Gasteiger partial charge on any atom is -0.386 e. The number of rotatable bonds is 8. The molecule has 0 amide bonds. The maximum atomic E-state index is 11.6. The molecule has 0 heterocycles. The summed E-state index contributed by atoms with van der Waals surface area (Å²) >= 11 is 0. The minimum atomic E-state index is -0.949. The van der Waals surface area contributed by atoms with Crippen molar-refractivity contribution in [1.82, 2.24) is 0 Å². The second-order valence-electron chi connectivity index (χ2n) is 4.25. The standard InChI is InChI=1S/C15H20O4/c1-4-13(17)15(18-3)14(11(2)16)19-10-12-8-6-5-7-9-12/h4-9,13-15,17H,1,10H2,2-3H3/t13-,14+,15+/m1/s1. The molecule has 0 saturated heterocycles. The number of carbonyl (C=O) groups excluding carboxylic acids is 1. The molecule has 1 aromatic rings. The number of Topliss-reactive ketones (excluding diaryl/α,β-unsaturated/α-hetero) is 1. The van der Waals surface area contributed by atoms with Crippen molar-refractivity contribution in [3.8, 4) is 0 Å². The molecule has 0 unspecified atom stereocenters. The number of benzene rings is 1. The zero-order valence-corrected chi connectivity index (χ0v) is 11.3. The van der Waals surface area contributed by atoms with Gasteiger partial charge >= 0.3 is 0 Å². The summed E-state index contributed by atoms with van der Waals surface area (Å²) in [7, 11) is 1.43. The largest absolute Gasteiger partial charge is 0.386 e. The molecular weight excluding hydrogens is 244 g/mol. The summed E-state index contributed by atoms with van der Waals surface area (Å²) in [5.74, 6) is -0.191. The third-order valence-corrected chi connectivity index (χ3v) is 2.82. The van der Waals surface area contributed by atoms with Gasteiger partial charge in [0.05, 0.1) is 6.61 Å². The maximum Gasteiger partial charge on any atom is 0.161 e. The average molecular weight is 264 g/mol. The van der Waals surface area contributed by atoms with Gasteiger partial charge in [-0.05, 0) is 12.5 Å². The van der Waals surface area contributed by atoms with E-state index >= 15 is 0 Å². The first-order valence-electron chi connectivity index (χ1n) is 6.09. The van der Waals surface area contributed by atoms with Gasteiger partial charge in [-0.3, -0.25) is 4.79 Å². The van der Waals surface area contributed by atoms with Crippen LogP contribution in [0.1, 0.15) is 12.5 Å². The highest BCUT2D eigenvalue weighted by atomic mass is 16.5. The van der Waals surface area contributed by atoms with Crippen LogP contribution in [0.15, 0.2) is 43.0 Å². The van der Waals surface area contributed by atoms with E-state index in [-0.39, 0.29) is 12.4 Å². The first-order valence-corrected chi connectivity index (χ1v) is 6.09. The van der Waals surface area contributed by atoms with Crippen LogP contribution in [0.5, 0.6) is 0 Å². The van der Waals surface area contributed by atoms with Crippen LogP contribution in [0.4, 0.5) is 0 Å². The monoisotopic (exact) mass is 264 g/mol. The van der Waals surface area contributed by atoms with Gasteiger partial charge in [-0.2, -0.15) is 0 Å². The normalized spacial score (nSPS) is 15.5. The van der Waals surface area contributed by atoms with Gasteiger partial charge in [0.1, 0.15) is 18.3 Å². The van der Waals surface area contributed by atoms with E-state index in [4.69, 9.17) is 9.47 Å². The quantitative estimate of drug-likeness (QED) is 0.726. The number of carbonyl (C=O) groups is 1. The van der Waals surface area contributed by atoms with Crippen LogP contribution in [0.25, 0.3) is 0 Å². The van der Waals surface area contributed by atoms with Crippen molar-refractivity contribution in [2.24, 2.45) is 0 Å². The number of ketones is 1. The predicted octanol–water partition coefficient (Wildman–Crippen LogP) is 1.72. The molecule has 0 spiro atoms. The molecule has 0 saturated carbocycles. The molecule has 0 radical (unpaired) electrons. The Morgan fingerprint density at radius 1 is 1.42 bits per heavy atom. The molecule has 3 atom stereocenters. The molecule has 0 bridgehead atoms. The van der Waals surface area contributed by atoms with E-state index < -0.39 is 18.3 Å². The molecule has 0 aliphatic carbocycles. The number of hydrogen-bond acceptors (Lipinski definition) is 4. The van der Waals surface area contributed by atoms with Crippen molar-refractivity contribution in [2.45, 2.75) is 31.8 Å². The van der Waals surface area contributed by atoms with Crippen molar-refractivity contribution in [1.29, 1.82) is 0 Å². The van der Waals surface area contributed by atoms with Gasteiger partial charge in [0, 0.05) is 7.11 Å². The summed E-state index contributed by atoms with van der Waals surface area (Å²) in [4.78, 5) is 11.6. The van der Waals surface area contributed by atoms with Gasteiger partial charge in [-0.15, -0.1) is 6.58 Å². The summed E-state index contributed by atoms with van der Waals surface area (Å²) in [6, 6.07) is 9.51. The zero-order chi connectivity index (χ0) is 14.3. The fraction of sp³-hybridized carbons (Fsp3) is 0.400. The van der Waals surface area contributed by atoms with E-state index in [1.807, 2.05) is 30.3 Å². The Labute approximate surface area is 113 Å². The third kappa shape index (κ3) is 4.59. The summed E-state index contributed by atoms with van der Waals surface area (Å²) in [6.07, 6.45) is -1.19. The first kappa shape index (κ1) is 15.6. The van der Waals surface area contributed by atoms with Crippen molar-refractivity contribution in [3.05, 3.63) is 48.6 Å². The highest BCUT2D eigenvalue weighted by Gasteiger charge is 2.31. The van der Waals surface area contributed by atoms with E-state index in [0.717, 1.165) is 5.56 Å². The van der Waals surface area contributed by atoms with Crippen LogP contribution in [0, 0.1) is 0 Å². The first-order chi connectivity index (χ1) is 9.10. The predicted molar refractivity (Wildman–Crippen MR) is 72.7 cm³/mol. The number of methoxy groups -OCH3 is 1. The number of aliphatic hydroxyl groups excluding tert-OH is 1. The lowest BCUT2D eigenvalue weighted by molar-refractivity contribution is -0.146. The van der Waals surface area contributed by atoms with Gasteiger partial charge in [0.15, 0.2) is 5.78 Å². The lowest BCUT2D eigenvalue weighted by Crippen LogP contribution is -2.43. The fourth-order valence-electron chi connectivity index (χ4n) is 1.78. The number of ether oxygens (including phenoxy) is 2. The van der Waals surface area contributed by atoms with E-state index in [2.05, 4.69) is 6.58 Å². The molecule has 1 aromatic carbocycles. The number of hydrogen-bond donors (Lipinski definition) is 1. The van der Waals surface area contributed by atoms with Gasteiger partial charge < -0.3 is 14.6 Å². The molecule has 19 heavy (non-hydrogen) atoms. The van der Waals surface area contributed by atoms with Crippen LogP contribution < -0.4 is 0 Å². The minimum absolute atomic E-state index is 0.191. The summed E-state index contributed by atoms with van der Waals surface area (Å²) < 4.78 is 10.7. The smallest absolute Gasteiger partial charge is 0.161 e. The van der Waals surface area contributed by atoms with Crippen LogP contribution in [-0.2, 0) is 20.9 Å². The molecule has 4 nitrogen and oxygen atoms in total. The maximum absolute atomic E-state index is 11.6. The highest BCUT2D eigenvalue weighted by molar-refractivity contribution is 5.81. The van der Waals surface area contributed by atoms with E-state index in [9.17, 15) is 9.90 Å². The summed E-state index contributed by atoms with van der Waals surface area (Å²) in [6.45, 7) is 5.19. The SMILES string of the molecule is C=C[C@@H](O)[C@H](OC)[C@@H](OCc1ccccc1)C(C)=O. The molecule has 0 aliphatic rings. The van der Waals surface area contributed by atoms with Crippen molar-refractivity contribution in [3.63, 3.8) is 0 Å². The lowest BCUT2D eigenvalue weighted by Gasteiger charge is -2.26. The fourth-order valence-corrected chi connectivity index (χ4v) is 1.78. The molecule has 4 heteroatoms. The van der Waals surface area contributed by atoms with E-state index in [1.54, 1.807) is 0 Å². The average Bonchev–Trinajstić information content (AvgIpc) is 2.43. The molecule has 1 N–H and O–H groups in total. The number of aliphatic hydroxyl groups is 1. The Bertz CT molecular complexity index is 402. The zero-order valence-electron chi connectivity index (χ0n) is 11.3. The van der Waals surface area contributed by atoms with E-state index in [0.29, 0.717) is 0 Å². The van der Waals surface area contributed by atoms with Crippen LogP contribution in [-0.4, -0.2) is 36.3 Å². The molecular formula is C15H20O4. The Morgan fingerprint density at radius 3 is 2.53 bits per heavy atom. The van der Waals surface area contributed by atoms with Gasteiger partial charge in [-0.1, -0.05) is 36.4 Å². The molecule has 0 aliphatic heterocycles. The van der Waals surface area contributed by atoms with Crippen LogP contribution in [0.3, 0.4) is 0 Å². The molecule has 0 aromatic heterocycles. The van der Waals surface area contributed by atoms with E-state index in [1.165, 1.54) is 20.1 Å². The van der Waals surface area contributed by atoms with Gasteiger partial charge in [-0.25, -0.2) is 0 Å². The summed E-state index contributed by atoms with van der Waals surface area (Å²) in [5, 5.41) is 9.76. The Morgan fingerprint density at radius 2 is 2.05 bits per heavy atom. The molecule has 1 rings (SSSR count). The van der Waals surface area contributed by atoms with Gasteiger partial charge in [0.2, 0.25) is 0 Å². The topological polar surface area (TPSA) is 55.8 Å². The Kier molecular flexibility index (Phi) is 6.42. The third-order valence-electron chi connectivity index (χ3n) is 2.82. The van der Waals surface area contributed by atoms with Gasteiger partial charge in [0.25, 0.3) is 0 Å². The second-order valence-corrected chi connectivity index (χ2v) is 4.25. The van der Waals surface area contributed by atoms with Crippen LogP contribution >= 0.6 is 0 Å². The molecule has 0 fully saturated rings. The summed E-state index contributed by atoms with van der Waals surface area (Å²) in [5.41, 5.74) is 0.955. The Hall–Kier alpha value is -1.49. The molecule has 104 valence electrons. The Balaban J connectivity index is 2.72. The van der Waals surface area contributed by atoms with Crippen molar-refractivity contribution in [2.75, 3.05) is 7.11 Å². The van der Waals surface area contributed by atoms with Crippen molar-refractivity contribution >= 4 is 5.78 Å². The highest BCUT2D eigenvalue weighted by Crippen LogP contribution is 2.13.